The molecule has 2 rings (SSSR count). The summed E-state index contributed by atoms with van der Waals surface area (Å²) in [4.78, 5) is 15.7. The quantitative estimate of drug-likeness (QED) is 0.822. The minimum absolute atomic E-state index is 0.00369. The number of nitrogens with zero attached hydrogens (tertiary/aromatic N) is 2. The molecule has 1 aromatic carbocycles. The predicted octanol–water partition coefficient (Wildman–Crippen LogP) is 3.25. The molecule has 0 aliphatic rings. The summed E-state index contributed by atoms with van der Waals surface area (Å²) in [6.45, 7) is 5.84. The molecule has 0 aliphatic carbocycles. The van der Waals surface area contributed by atoms with Crippen LogP contribution in [0.4, 0.5) is 0 Å². The number of aliphatic hydroxyl groups is 1. The van der Waals surface area contributed by atoms with Crippen molar-refractivity contribution in [3.8, 4) is 0 Å². The summed E-state index contributed by atoms with van der Waals surface area (Å²) in [6, 6.07) is 8.12. The lowest BCUT2D eigenvalue weighted by atomic mass is 10.1. The Kier molecular flexibility index (Phi) is 5.85. The van der Waals surface area contributed by atoms with Gasteiger partial charge >= 0.3 is 0 Å². The molecule has 5 nitrogen and oxygen atoms in total. The van der Waals surface area contributed by atoms with Gasteiger partial charge in [-0.2, -0.15) is 0 Å². The molecule has 0 aliphatic heterocycles. The number of thioether (sulfide) groups is 1. The highest BCUT2D eigenvalue weighted by Gasteiger charge is 2.26. The Morgan fingerprint density at radius 3 is 2.78 bits per heavy atom. The number of aryl methyl sites for hydroxylation is 1. The molecule has 0 fully saturated rings. The number of rotatable bonds is 6. The lowest BCUT2D eigenvalue weighted by Crippen LogP contribution is -2.37. The topological polar surface area (TPSA) is 66.6 Å². The Hall–Kier alpha value is -1.79. The molecule has 0 bridgehead atoms. The number of hydrogen-bond donors (Lipinski definition) is 1. The van der Waals surface area contributed by atoms with Crippen LogP contribution in [-0.2, 0) is 13.2 Å². The van der Waals surface area contributed by atoms with Crippen LogP contribution >= 0.6 is 11.8 Å². The minimum Gasteiger partial charge on any atom is -0.391 e. The molecular weight excluding hydrogens is 312 g/mol. The van der Waals surface area contributed by atoms with Crippen molar-refractivity contribution in [2.24, 2.45) is 0 Å². The van der Waals surface area contributed by atoms with E-state index in [-0.39, 0.29) is 24.2 Å². The summed E-state index contributed by atoms with van der Waals surface area (Å²) < 4.78 is 5.06. The van der Waals surface area contributed by atoms with Crippen LogP contribution in [0.2, 0.25) is 0 Å². The van der Waals surface area contributed by atoms with Crippen LogP contribution in [0.5, 0.6) is 0 Å². The zero-order valence-corrected chi connectivity index (χ0v) is 14.7. The van der Waals surface area contributed by atoms with Crippen LogP contribution in [0.15, 0.2) is 33.7 Å². The highest BCUT2D eigenvalue weighted by molar-refractivity contribution is 7.98. The second kappa shape index (κ2) is 7.66. The molecule has 1 N–H and O–H groups in total. The van der Waals surface area contributed by atoms with Gasteiger partial charge in [0.05, 0.1) is 12.2 Å². The van der Waals surface area contributed by atoms with E-state index in [1.165, 1.54) is 0 Å². The van der Waals surface area contributed by atoms with Gasteiger partial charge in [-0.25, -0.2) is 0 Å². The molecule has 0 atom stereocenters. The Morgan fingerprint density at radius 1 is 1.43 bits per heavy atom. The second-order valence-electron chi connectivity index (χ2n) is 5.60. The lowest BCUT2D eigenvalue weighted by Gasteiger charge is -2.26. The van der Waals surface area contributed by atoms with E-state index in [0.717, 1.165) is 10.5 Å². The van der Waals surface area contributed by atoms with E-state index in [1.54, 1.807) is 23.6 Å². The third kappa shape index (κ3) is 3.95. The summed E-state index contributed by atoms with van der Waals surface area (Å²) in [5, 5.41) is 13.3. The smallest absolute Gasteiger partial charge is 0.276 e. The van der Waals surface area contributed by atoms with Gasteiger partial charge < -0.3 is 14.5 Å². The van der Waals surface area contributed by atoms with Gasteiger partial charge in [0.25, 0.3) is 5.91 Å². The normalized spacial score (nSPS) is 11.0. The molecule has 1 amide bonds. The van der Waals surface area contributed by atoms with E-state index in [1.807, 2.05) is 38.3 Å². The number of amides is 1. The van der Waals surface area contributed by atoms with Gasteiger partial charge in [0.15, 0.2) is 5.69 Å². The van der Waals surface area contributed by atoms with E-state index < -0.39 is 0 Å². The predicted molar refractivity (Wildman–Crippen MR) is 90.4 cm³/mol. The molecule has 6 heteroatoms. The summed E-state index contributed by atoms with van der Waals surface area (Å²) in [6.07, 6.45) is 2.02. The summed E-state index contributed by atoms with van der Waals surface area (Å²) >= 11 is 1.67. The van der Waals surface area contributed by atoms with Gasteiger partial charge in [0.1, 0.15) is 5.76 Å². The Morgan fingerprint density at radius 2 is 2.17 bits per heavy atom. The van der Waals surface area contributed by atoms with E-state index in [2.05, 4.69) is 11.2 Å². The maximum Gasteiger partial charge on any atom is 0.276 e. The van der Waals surface area contributed by atoms with E-state index in [0.29, 0.717) is 17.9 Å². The molecule has 124 valence electrons. The molecule has 0 spiro atoms. The van der Waals surface area contributed by atoms with Gasteiger partial charge in [-0.3, -0.25) is 4.79 Å². The Balaban J connectivity index is 2.28. The van der Waals surface area contributed by atoms with Crippen LogP contribution in [0.1, 0.15) is 41.2 Å². The standard InChI is InChI=1S/C17H22N2O3S/c1-11(2)19(9-13-6-5-7-14(8-13)23-4)17(21)16-15(10-20)12(3)22-18-16/h5-8,11,20H,9-10H2,1-4H3. The third-order valence-electron chi connectivity index (χ3n) is 3.72. The third-order valence-corrected chi connectivity index (χ3v) is 4.44. The zero-order chi connectivity index (χ0) is 17.0. The first-order chi connectivity index (χ1) is 11.0. The van der Waals surface area contributed by atoms with Gasteiger partial charge in [0, 0.05) is 17.5 Å². The molecule has 0 saturated carbocycles. The summed E-state index contributed by atoms with van der Waals surface area (Å²) in [7, 11) is 0. The average molecular weight is 334 g/mol. The number of carbonyl (C=O) groups excluding carboxylic acids is 1. The number of aliphatic hydroxyl groups excluding tert-OH is 1. The molecule has 23 heavy (non-hydrogen) atoms. The van der Waals surface area contributed by atoms with Gasteiger partial charge in [-0.05, 0) is 44.7 Å². The van der Waals surface area contributed by atoms with E-state index in [9.17, 15) is 9.90 Å². The molecule has 0 unspecified atom stereocenters. The number of carbonyl (C=O) groups is 1. The van der Waals surface area contributed by atoms with Crippen LogP contribution in [0, 0.1) is 6.92 Å². The van der Waals surface area contributed by atoms with Crippen LogP contribution in [0.3, 0.4) is 0 Å². The highest BCUT2D eigenvalue weighted by Crippen LogP contribution is 2.21. The van der Waals surface area contributed by atoms with Crippen LogP contribution in [-0.4, -0.2) is 33.4 Å². The number of aromatic nitrogens is 1. The van der Waals surface area contributed by atoms with Crippen LogP contribution < -0.4 is 0 Å². The fourth-order valence-electron chi connectivity index (χ4n) is 2.34. The van der Waals surface area contributed by atoms with Crippen molar-refractivity contribution < 1.29 is 14.4 Å². The maximum absolute atomic E-state index is 12.8. The van der Waals surface area contributed by atoms with Crippen molar-refractivity contribution in [3.63, 3.8) is 0 Å². The van der Waals surface area contributed by atoms with Crippen molar-refractivity contribution in [1.82, 2.24) is 10.1 Å². The molecular formula is C17H22N2O3S. The van der Waals surface area contributed by atoms with Gasteiger partial charge in [-0.1, -0.05) is 17.3 Å². The van der Waals surface area contributed by atoms with Crippen molar-refractivity contribution >= 4 is 17.7 Å². The molecule has 2 aromatic rings. The largest absolute Gasteiger partial charge is 0.391 e. The van der Waals surface area contributed by atoms with Crippen molar-refractivity contribution in [3.05, 3.63) is 46.8 Å². The Bertz CT molecular complexity index is 682. The average Bonchev–Trinajstić information content (AvgIpc) is 2.92. The minimum atomic E-state index is -0.260. The molecule has 1 heterocycles. The fraction of sp³-hybridized carbons (Fsp3) is 0.412. The zero-order valence-electron chi connectivity index (χ0n) is 13.9. The first-order valence-corrected chi connectivity index (χ1v) is 8.70. The van der Waals surface area contributed by atoms with Gasteiger partial charge in [-0.15, -0.1) is 11.8 Å². The summed E-state index contributed by atoms with van der Waals surface area (Å²) in [5.41, 5.74) is 1.71. The SMILES string of the molecule is CSc1cccc(CN(C(=O)c2noc(C)c2CO)C(C)C)c1. The fourth-order valence-corrected chi connectivity index (χ4v) is 2.82. The summed E-state index contributed by atoms with van der Waals surface area (Å²) in [5.74, 6) is 0.249. The van der Waals surface area contributed by atoms with Crippen molar-refractivity contribution in [2.75, 3.05) is 6.26 Å². The molecule has 1 aromatic heterocycles. The molecule has 0 saturated heterocycles. The monoisotopic (exact) mass is 334 g/mol. The van der Waals surface area contributed by atoms with Gasteiger partial charge in [0.2, 0.25) is 0 Å². The molecule has 0 radical (unpaired) electrons. The first kappa shape index (κ1) is 17.6. The lowest BCUT2D eigenvalue weighted by molar-refractivity contribution is 0.0676. The second-order valence-corrected chi connectivity index (χ2v) is 6.48. The van der Waals surface area contributed by atoms with Crippen molar-refractivity contribution in [2.45, 2.75) is 44.9 Å². The highest BCUT2D eigenvalue weighted by atomic mass is 32.2. The Labute approximate surface area is 140 Å². The van der Waals surface area contributed by atoms with Crippen LogP contribution in [0.25, 0.3) is 0 Å². The van der Waals surface area contributed by atoms with E-state index >= 15 is 0 Å². The van der Waals surface area contributed by atoms with Crippen molar-refractivity contribution in [1.29, 1.82) is 0 Å². The number of hydrogen-bond acceptors (Lipinski definition) is 5. The maximum atomic E-state index is 12.8. The van der Waals surface area contributed by atoms with E-state index in [4.69, 9.17) is 4.52 Å². The number of benzene rings is 1. The first-order valence-electron chi connectivity index (χ1n) is 7.47.